The monoisotopic (exact) mass is 287 g/mol. The van der Waals surface area contributed by atoms with Crippen molar-refractivity contribution in [2.24, 2.45) is 0 Å². The van der Waals surface area contributed by atoms with Crippen molar-refractivity contribution in [3.8, 4) is 0 Å². The number of rotatable bonds is 2. The van der Waals surface area contributed by atoms with Crippen molar-refractivity contribution in [3.63, 3.8) is 0 Å². The third-order valence-electron chi connectivity index (χ3n) is 3.73. The van der Waals surface area contributed by atoms with Gasteiger partial charge in [0.25, 0.3) is 0 Å². The molecule has 0 amide bonds. The largest absolute Gasteiger partial charge is 0.467 e. The van der Waals surface area contributed by atoms with Crippen molar-refractivity contribution < 1.29 is 14.3 Å². The first-order valence-corrected chi connectivity index (χ1v) is 6.86. The lowest BCUT2D eigenvalue weighted by atomic mass is 10.1. The fraction of sp³-hybridized carbons (Fsp3) is 0.400. The van der Waals surface area contributed by atoms with Crippen molar-refractivity contribution in [1.29, 1.82) is 0 Å². The Morgan fingerprint density at radius 3 is 2.86 bits per heavy atom. The summed E-state index contributed by atoms with van der Waals surface area (Å²) < 4.78 is 10.3. The average Bonchev–Trinajstić information content (AvgIpc) is 2.55. The van der Waals surface area contributed by atoms with E-state index in [4.69, 9.17) is 9.47 Å². The smallest absolute Gasteiger partial charge is 0.330 e. The fourth-order valence-electron chi connectivity index (χ4n) is 2.62. The van der Waals surface area contributed by atoms with Gasteiger partial charge in [-0.2, -0.15) is 5.10 Å². The number of hydrogen-bond donors (Lipinski definition) is 0. The summed E-state index contributed by atoms with van der Waals surface area (Å²) in [4.78, 5) is 13.9. The second-order valence-electron chi connectivity index (χ2n) is 4.96. The minimum absolute atomic E-state index is 0.302. The van der Waals surface area contributed by atoms with Crippen LogP contribution in [0.5, 0.6) is 0 Å². The number of aromatic nitrogens is 2. The number of hydrogen-bond acceptors (Lipinski definition) is 6. The van der Waals surface area contributed by atoms with Gasteiger partial charge in [0.1, 0.15) is 0 Å². The first-order chi connectivity index (χ1) is 10.2. The number of methoxy groups -OCH3 is 1. The van der Waals surface area contributed by atoms with E-state index in [2.05, 4.69) is 10.2 Å². The molecule has 1 aliphatic heterocycles. The van der Waals surface area contributed by atoms with E-state index >= 15 is 0 Å². The molecule has 21 heavy (non-hydrogen) atoms. The summed E-state index contributed by atoms with van der Waals surface area (Å²) in [6.07, 6.45) is 0. The maximum Gasteiger partial charge on any atom is 0.330 e. The van der Waals surface area contributed by atoms with Gasteiger partial charge in [-0.15, -0.1) is 5.10 Å². The molecule has 2 heterocycles. The van der Waals surface area contributed by atoms with E-state index in [9.17, 15) is 4.79 Å². The van der Waals surface area contributed by atoms with Crippen LogP contribution in [0.15, 0.2) is 24.3 Å². The molecule has 0 N–H and O–H groups in total. The predicted octanol–water partition coefficient (Wildman–Crippen LogP) is 1.32. The molecule has 0 spiro atoms. The first-order valence-electron chi connectivity index (χ1n) is 6.86. The third kappa shape index (κ3) is 2.42. The average molecular weight is 287 g/mol. The predicted molar refractivity (Wildman–Crippen MR) is 78.2 cm³/mol. The lowest BCUT2D eigenvalue weighted by Crippen LogP contribution is -2.51. The van der Waals surface area contributed by atoms with Crippen LogP contribution in [0.3, 0.4) is 0 Å². The Bertz CT molecular complexity index is 674. The molecular formula is C15H17N3O3. The molecule has 0 radical (unpaired) electrons. The number of benzene rings is 1. The Morgan fingerprint density at radius 1 is 1.33 bits per heavy atom. The van der Waals surface area contributed by atoms with E-state index in [1.807, 2.05) is 36.1 Å². The van der Waals surface area contributed by atoms with Crippen molar-refractivity contribution >= 4 is 22.6 Å². The second kappa shape index (κ2) is 5.65. The number of carbonyl (C=O) groups excluding carboxylic acids is 1. The van der Waals surface area contributed by atoms with Crippen LogP contribution < -0.4 is 4.90 Å². The Morgan fingerprint density at radius 2 is 2.10 bits per heavy atom. The maximum absolute atomic E-state index is 12.0. The van der Waals surface area contributed by atoms with Gasteiger partial charge in [0.15, 0.2) is 11.9 Å². The van der Waals surface area contributed by atoms with Crippen LogP contribution in [-0.2, 0) is 14.3 Å². The molecule has 1 aliphatic rings. The molecule has 2 aromatic rings. The molecule has 1 aromatic heterocycles. The van der Waals surface area contributed by atoms with E-state index in [1.54, 1.807) is 0 Å². The molecule has 1 aromatic carbocycles. The van der Waals surface area contributed by atoms with Gasteiger partial charge >= 0.3 is 5.97 Å². The number of carbonyl (C=O) groups is 1. The number of nitrogens with zero attached hydrogens (tertiary/aromatic N) is 3. The highest BCUT2D eigenvalue weighted by Gasteiger charge is 2.32. The van der Waals surface area contributed by atoms with Crippen LogP contribution >= 0.6 is 0 Å². The number of anilines is 1. The van der Waals surface area contributed by atoms with Crippen LogP contribution in [0.2, 0.25) is 0 Å². The maximum atomic E-state index is 12.0. The van der Waals surface area contributed by atoms with Crippen molar-refractivity contribution in [3.05, 3.63) is 30.0 Å². The van der Waals surface area contributed by atoms with E-state index in [1.165, 1.54) is 7.11 Å². The van der Waals surface area contributed by atoms with Gasteiger partial charge in [0, 0.05) is 17.3 Å². The van der Waals surface area contributed by atoms with Crippen molar-refractivity contribution in [2.45, 2.75) is 13.0 Å². The number of esters is 1. The minimum Gasteiger partial charge on any atom is -0.467 e. The topological polar surface area (TPSA) is 64.6 Å². The van der Waals surface area contributed by atoms with Crippen LogP contribution in [0.25, 0.3) is 10.8 Å². The molecule has 3 rings (SSSR count). The summed E-state index contributed by atoms with van der Waals surface area (Å²) in [6, 6.07) is 7.45. The van der Waals surface area contributed by atoms with Crippen LogP contribution in [-0.4, -0.2) is 49.1 Å². The number of ether oxygens (including phenoxy) is 2. The van der Waals surface area contributed by atoms with E-state index in [0.29, 0.717) is 25.6 Å². The van der Waals surface area contributed by atoms with Crippen LogP contribution in [0.1, 0.15) is 5.69 Å². The standard InChI is InChI=1S/C15H17N3O3/c1-10-11-5-3-4-6-12(11)14(17-16-10)18-7-8-21-9-13(18)15(19)20-2/h3-6,13H,7-9H2,1-2H3. The molecule has 1 atom stereocenters. The van der Waals surface area contributed by atoms with Crippen LogP contribution in [0.4, 0.5) is 5.82 Å². The molecule has 1 unspecified atom stereocenters. The van der Waals surface area contributed by atoms with E-state index < -0.39 is 6.04 Å². The highest BCUT2D eigenvalue weighted by molar-refractivity contribution is 5.95. The van der Waals surface area contributed by atoms with Crippen LogP contribution in [0, 0.1) is 6.92 Å². The van der Waals surface area contributed by atoms with Gasteiger partial charge in [-0.05, 0) is 6.92 Å². The SMILES string of the molecule is COC(=O)C1COCCN1c1nnc(C)c2ccccc12. The summed E-state index contributed by atoms with van der Waals surface area (Å²) in [5, 5.41) is 10.6. The van der Waals surface area contributed by atoms with Gasteiger partial charge in [0.2, 0.25) is 0 Å². The second-order valence-corrected chi connectivity index (χ2v) is 4.96. The van der Waals surface area contributed by atoms with E-state index in [0.717, 1.165) is 16.5 Å². The molecule has 1 fully saturated rings. The fourth-order valence-corrected chi connectivity index (χ4v) is 2.62. The number of fused-ring (bicyclic) bond motifs is 1. The quantitative estimate of drug-likeness (QED) is 0.776. The molecule has 0 bridgehead atoms. The Kier molecular flexibility index (Phi) is 3.70. The van der Waals surface area contributed by atoms with Gasteiger partial charge in [-0.25, -0.2) is 4.79 Å². The van der Waals surface area contributed by atoms with Gasteiger partial charge in [-0.1, -0.05) is 24.3 Å². The van der Waals surface area contributed by atoms with Gasteiger partial charge < -0.3 is 14.4 Å². The molecule has 6 heteroatoms. The van der Waals surface area contributed by atoms with Gasteiger partial charge in [-0.3, -0.25) is 0 Å². The molecule has 1 saturated heterocycles. The minimum atomic E-state index is -0.482. The lowest BCUT2D eigenvalue weighted by Gasteiger charge is -2.34. The molecule has 6 nitrogen and oxygen atoms in total. The summed E-state index contributed by atoms with van der Waals surface area (Å²) >= 11 is 0. The lowest BCUT2D eigenvalue weighted by molar-refractivity contribution is -0.144. The molecule has 0 aliphatic carbocycles. The molecular weight excluding hydrogens is 270 g/mol. The zero-order valence-electron chi connectivity index (χ0n) is 12.1. The molecule has 110 valence electrons. The number of morpholine rings is 1. The first kappa shape index (κ1) is 13.8. The number of aryl methyl sites for hydroxylation is 1. The summed E-state index contributed by atoms with van der Waals surface area (Å²) in [6.45, 7) is 3.37. The zero-order valence-corrected chi connectivity index (χ0v) is 12.1. The summed E-state index contributed by atoms with van der Waals surface area (Å²) in [5.74, 6) is 0.385. The molecule has 0 saturated carbocycles. The Labute approximate surface area is 122 Å². The highest BCUT2D eigenvalue weighted by atomic mass is 16.5. The summed E-state index contributed by atoms with van der Waals surface area (Å²) in [7, 11) is 1.38. The summed E-state index contributed by atoms with van der Waals surface area (Å²) in [5.41, 5.74) is 0.872. The highest BCUT2D eigenvalue weighted by Crippen LogP contribution is 2.28. The normalized spacial score (nSPS) is 18.8. The van der Waals surface area contributed by atoms with Crippen molar-refractivity contribution in [2.75, 3.05) is 31.8 Å². The van der Waals surface area contributed by atoms with E-state index in [-0.39, 0.29) is 5.97 Å². The zero-order chi connectivity index (χ0) is 14.8. The van der Waals surface area contributed by atoms with Gasteiger partial charge in [0.05, 0.1) is 26.0 Å². The Hall–Kier alpha value is -2.21. The third-order valence-corrected chi connectivity index (χ3v) is 3.73. The Balaban J connectivity index is 2.10. The van der Waals surface area contributed by atoms with Crippen molar-refractivity contribution in [1.82, 2.24) is 10.2 Å².